The van der Waals surface area contributed by atoms with E-state index in [1.165, 1.54) is 25.1 Å². The lowest BCUT2D eigenvalue weighted by molar-refractivity contribution is -0.147. The zero-order chi connectivity index (χ0) is 27.5. The molecule has 0 aliphatic rings. The van der Waals surface area contributed by atoms with Crippen molar-refractivity contribution >= 4 is 34.1 Å². The van der Waals surface area contributed by atoms with Crippen LogP contribution in [0.3, 0.4) is 0 Å². The molecule has 0 aliphatic carbocycles. The molecule has 0 spiro atoms. The number of hydrogen-bond donors (Lipinski definition) is 0. The Morgan fingerprint density at radius 3 is 2.51 bits per heavy atom. The number of methoxy groups -OCH3 is 3. The number of carbonyl (C=O) groups is 1. The molecule has 0 fully saturated rings. The fourth-order valence-electron chi connectivity index (χ4n) is 4.10. The van der Waals surface area contributed by atoms with Crippen LogP contribution in [0, 0.1) is 0 Å². The van der Waals surface area contributed by atoms with E-state index in [0.717, 1.165) is 5.39 Å². The smallest absolute Gasteiger partial charge is 0.346 e. The molecule has 198 valence electrons. The van der Waals surface area contributed by atoms with E-state index in [4.69, 9.17) is 28.3 Å². The second kappa shape index (κ2) is 10.7. The Kier molecular flexibility index (Phi) is 7.00. The van der Waals surface area contributed by atoms with Crippen molar-refractivity contribution < 1.29 is 28.2 Å². The Morgan fingerprint density at radius 1 is 0.949 bits per heavy atom. The second-order valence-electron chi connectivity index (χ2n) is 8.49. The van der Waals surface area contributed by atoms with Gasteiger partial charge in [-0.25, -0.2) is 9.78 Å². The summed E-state index contributed by atoms with van der Waals surface area (Å²) in [5.41, 5.74) is 1.35. The third-order valence-electron chi connectivity index (χ3n) is 6.06. The maximum Gasteiger partial charge on any atom is 0.346 e. The molecule has 0 saturated carbocycles. The van der Waals surface area contributed by atoms with Crippen LogP contribution in [-0.4, -0.2) is 49.3 Å². The highest BCUT2D eigenvalue weighted by atomic mass is 16.6. The highest BCUT2D eigenvalue weighted by Gasteiger charge is 2.19. The Balaban J connectivity index is 1.59. The van der Waals surface area contributed by atoms with Crippen molar-refractivity contribution in [1.29, 1.82) is 0 Å². The van der Waals surface area contributed by atoms with Gasteiger partial charge in [0.05, 0.1) is 43.8 Å². The maximum absolute atomic E-state index is 13.5. The molecule has 0 aliphatic heterocycles. The summed E-state index contributed by atoms with van der Waals surface area (Å²) < 4.78 is 28.5. The van der Waals surface area contributed by atoms with Gasteiger partial charge in [0.25, 0.3) is 5.56 Å². The van der Waals surface area contributed by atoms with Gasteiger partial charge in [-0.1, -0.05) is 18.2 Å². The lowest BCUT2D eigenvalue weighted by atomic mass is 10.2. The third-order valence-corrected chi connectivity index (χ3v) is 6.06. The Morgan fingerprint density at radius 2 is 1.74 bits per heavy atom. The van der Waals surface area contributed by atoms with Gasteiger partial charge in [-0.3, -0.25) is 4.79 Å². The molecule has 0 saturated heterocycles. The minimum atomic E-state index is -0.823. The van der Waals surface area contributed by atoms with E-state index in [-0.39, 0.29) is 11.4 Å². The van der Waals surface area contributed by atoms with Gasteiger partial charge in [0.1, 0.15) is 11.3 Å². The molecule has 1 atom stereocenters. The Labute approximate surface area is 223 Å². The minimum Gasteiger partial charge on any atom is -0.496 e. The Hall–Kier alpha value is -5.12. The number of furan rings is 1. The maximum atomic E-state index is 13.5. The monoisotopic (exact) mass is 527 g/mol. The van der Waals surface area contributed by atoms with Crippen LogP contribution in [0.4, 0.5) is 0 Å². The SMILES string of the molecule is COC(=O)[C@H](C)Oc1ccc(C=Nn2c(-c3cc4c(OC)cccc4o3)nc3ccccc3c2=O)cc1OC. The van der Waals surface area contributed by atoms with E-state index in [0.29, 0.717) is 45.1 Å². The molecule has 5 rings (SSSR count). The third kappa shape index (κ3) is 4.91. The van der Waals surface area contributed by atoms with Crippen molar-refractivity contribution in [1.82, 2.24) is 9.66 Å². The molecule has 2 aromatic heterocycles. The lowest BCUT2D eigenvalue weighted by Gasteiger charge is -2.15. The molecule has 10 nitrogen and oxygen atoms in total. The number of benzene rings is 3. The summed E-state index contributed by atoms with van der Waals surface area (Å²) in [7, 11) is 4.35. The molecule has 2 heterocycles. The van der Waals surface area contributed by atoms with Gasteiger partial charge in [-0.05, 0) is 61.0 Å². The van der Waals surface area contributed by atoms with Gasteiger partial charge >= 0.3 is 5.97 Å². The van der Waals surface area contributed by atoms with Gasteiger partial charge in [-0.15, -0.1) is 0 Å². The molecule has 39 heavy (non-hydrogen) atoms. The summed E-state index contributed by atoms with van der Waals surface area (Å²) in [5.74, 6) is 1.44. The molecule has 0 N–H and O–H groups in total. The van der Waals surface area contributed by atoms with Crippen molar-refractivity contribution in [3.63, 3.8) is 0 Å². The highest BCUT2D eigenvalue weighted by Crippen LogP contribution is 2.33. The molecular formula is C29H25N3O7. The van der Waals surface area contributed by atoms with Gasteiger partial charge < -0.3 is 23.4 Å². The van der Waals surface area contributed by atoms with E-state index in [1.807, 2.05) is 24.3 Å². The zero-order valence-corrected chi connectivity index (χ0v) is 21.7. The molecule has 0 bridgehead atoms. The predicted molar refractivity (Wildman–Crippen MR) is 146 cm³/mol. The highest BCUT2D eigenvalue weighted by molar-refractivity contribution is 5.88. The summed E-state index contributed by atoms with van der Waals surface area (Å²) in [6.07, 6.45) is 0.677. The number of nitrogens with zero attached hydrogens (tertiary/aromatic N) is 3. The fraction of sp³-hybridized carbons (Fsp3) is 0.172. The van der Waals surface area contributed by atoms with E-state index < -0.39 is 12.1 Å². The first-order valence-electron chi connectivity index (χ1n) is 12.0. The predicted octanol–water partition coefficient (Wildman–Crippen LogP) is 4.65. The summed E-state index contributed by atoms with van der Waals surface area (Å²) in [5, 5.41) is 5.63. The summed E-state index contributed by atoms with van der Waals surface area (Å²) in [6.45, 7) is 1.58. The number of aromatic nitrogens is 2. The van der Waals surface area contributed by atoms with E-state index in [9.17, 15) is 9.59 Å². The van der Waals surface area contributed by atoms with Crippen LogP contribution in [0.15, 0.2) is 81.0 Å². The van der Waals surface area contributed by atoms with Crippen LogP contribution in [0.25, 0.3) is 33.5 Å². The van der Waals surface area contributed by atoms with Crippen LogP contribution < -0.4 is 19.8 Å². The summed E-state index contributed by atoms with van der Waals surface area (Å²) >= 11 is 0. The molecule has 0 unspecified atom stereocenters. The average Bonchev–Trinajstić information content (AvgIpc) is 3.41. The zero-order valence-electron chi connectivity index (χ0n) is 21.7. The first kappa shape index (κ1) is 25.5. The van der Waals surface area contributed by atoms with Crippen LogP contribution in [0.5, 0.6) is 17.2 Å². The fourth-order valence-corrected chi connectivity index (χ4v) is 4.10. The summed E-state index contributed by atoms with van der Waals surface area (Å²) in [6, 6.07) is 19.3. The quantitative estimate of drug-likeness (QED) is 0.212. The summed E-state index contributed by atoms with van der Waals surface area (Å²) in [4.78, 5) is 30.0. The molecule has 5 aromatic rings. The van der Waals surface area contributed by atoms with Crippen molar-refractivity contribution in [2.75, 3.05) is 21.3 Å². The number of ether oxygens (including phenoxy) is 4. The number of rotatable bonds is 8. The number of carbonyl (C=O) groups excluding carboxylic acids is 1. The molecule has 3 aromatic carbocycles. The van der Waals surface area contributed by atoms with Crippen molar-refractivity contribution in [3.8, 4) is 28.8 Å². The minimum absolute atomic E-state index is 0.229. The average molecular weight is 528 g/mol. The van der Waals surface area contributed by atoms with Gasteiger partial charge in [-0.2, -0.15) is 9.78 Å². The number of para-hydroxylation sites is 1. The van der Waals surface area contributed by atoms with Crippen molar-refractivity contribution in [2.45, 2.75) is 13.0 Å². The van der Waals surface area contributed by atoms with Crippen LogP contribution >= 0.6 is 0 Å². The topological polar surface area (TPSA) is 114 Å². The first-order valence-corrected chi connectivity index (χ1v) is 12.0. The van der Waals surface area contributed by atoms with E-state index >= 15 is 0 Å². The standard InChI is InChI=1S/C29H25N3O7/c1-17(29(34)37-4)38-24-13-12-18(14-25(24)36-3)16-30-32-27(31-21-9-6-5-8-19(21)28(32)33)26-15-20-22(35-2)10-7-11-23(20)39-26/h5-17H,1-4H3/t17-/m0/s1. The first-order chi connectivity index (χ1) is 18.9. The Bertz CT molecular complexity index is 1770. The molecule has 10 heteroatoms. The van der Waals surface area contributed by atoms with Gasteiger partial charge in [0, 0.05) is 0 Å². The molecular weight excluding hydrogens is 502 g/mol. The molecule has 0 radical (unpaired) electrons. The van der Waals surface area contributed by atoms with Crippen LogP contribution in [0.2, 0.25) is 0 Å². The van der Waals surface area contributed by atoms with Crippen molar-refractivity contribution in [3.05, 3.63) is 82.6 Å². The lowest BCUT2D eigenvalue weighted by Crippen LogP contribution is -2.25. The van der Waals surface area contributed by atoms with Crippen LogP contribution in [-0.2, 0) is 9.53 Å². The van der Waals surface area contributed by atoms with Gasteiger partial charge in [0.2, 0.25) is 5.82 Å². The van der Waals surface area contributed by atoms with E-state index in [2.05, 4.69) is 5.10 Å². The number of hydrogen-bond acceptors (Lipinski definition) is 9. The van der Waals surface area contributed by atoms with E-state index in [1.54, 1.807) is 56.5 Å². The number of fused-ring (bicyclic) bond motifs is 2. The largest absolute Gasteiger partial charge is 0.496 e. The normalized spacial score (nSPS) is 12.1. The second-order valence-corrected chi connectivity index (χ2v) is 8.49. The van der Waals surface area contributed by atoms with Crippen LogP contribution in [0.1, 0.15) is 12.5 Å². The number of esters is 1. The van der Waals surface area contributed by atoms with Crippen molar-refractivity contribution in [2.24, 2.45) is 5.10 Å². The van der Waals surface area contributed by atoms with Gasteiger partial charge in [0.15, 0.2) is 23.4 Å². The molecule has 0 amide bonds.